The molecule has 1 atom stereocenters. The van der Waals surface area contributed by atoms with Crippen molar-refractivity contribution in [3.8, 4) is 5.75 Å². The van der Waals surface area contributed by atoms with Gasteiger partial charge >= 0.3 is 0 Å². The minimum Gasteiger partial charge on any atom is -0.490 e. The molecule has 0 radical (unpaired) electrons. The molecule has 3 nitrogen and oxygen atoms in total. The molecule has 1 aromatic heterocycles. The van der Waals surface area contributed by atoms with Crippen LogP contribution in [0.15, 0.2) is 48.8 Å². The zero-order valence-corrected chi connectivity index (χ0v) is 13.1. The molecule has 0 spiro atoms. The lowest BCUT2D eigenvalue weighted by molar-refractivity contribution is -0.0948. The largest absolute Gasteiger partial charge is 0.490 e. The minimum atomic E-state index is -1.11. The number of benzene rings is 1. The number of ether oxygens (including phenoxy) is 1. The highest BCUT2D eigenvalue weighted by Gasteiger charge is 2.42. The summed E-state index contributed by atoms with van der Waals surface area (Å²) in [7, 11) is 0. The average molecular weight is 285 g/mol. The van der Waals surface area contributed by atoms with Crippen LogP contribution in [0.1, 0.15) is 31.9 Å². The Morgan fingerprint density at radius 3 is 2.38 bits per heavy atom. The average Bonchev–Trinajstić information content (AvgIpc) is 2.46. The molecule has 0 aliphatic heterocycles. The van der Waals surface area contributed by atoms with Crippen LogP contribution in [0, 0.1) is 12.3 Å². The van der Waals surface area contributed by atoms with E-state index >= 15 is 0 Å². The topological polar surface area (TPSA) is 42.4 Å². The van der Waals surface area contributed by atoms with E-state index in [9.17, 15) is 5.11 Å². The molecule has 0 saturated heterocycles. The van der Waals surface area contributed by atoms with Crippen LogP contribution in [0.4, 0.5) is 0 Å². The van der Waals surface area contributed by atoms with Gasteiger partial charge < -0.3 is 9.84 Å². The van der Waals surface area contributed by atoms with Crippen molar-refractivity contribution in [1.29, 1.82) is 0 Å². The molecule has 0 aliphatic rings. The monoisotopic (exact) mass is 285 g/mol. The Kier molecular flexibility index (Phi) is 4.33. The SMILES string of the molecule is Cc1ccccc1OCC(O)(c1cccnc1)C(C)(C)C. The van der Waals surface area contributed by atoms with Crippen LogP contribution in [0.2, 0.25) is 0 Å². The van der Waals surface area contributed by atoms with Gasteiger partial charge in [0.15, 0.2) is 0 Å². The third-order valence-corrected chi connectivity index (χ3v) is 3.91. The third kappa shape index (κ3) is 3.24. The molecule has 2 aromatic rings. The predicted octanol–water partition coefficient (Wildman–Crippen LogP) is 3.70. The molecule has 21 heavy (non-hydrogen) atoms. The van der Waals surface area contributed by atoms with Crippen LogP contribution in [0.5, 0.6) is 5.75 Å². The first-order chi connectivity index (χ1) is 9.84. The van der Waals surface area contributed by atoms with E-state index in [-0.39, 0.29) is 12.0 Å². The number of para-hydroxylation sites is 1. The number of rotatable bonds is 4. The molecule has 0 amide bonds. The first kappa shape index (κ1) is 15.5. The van der Waals surface area contributed by atoms with E-state index in [1.54, 1.807) is 12.4 Å². The van der Waals surface area contributed by atoms with Gasteiger partial charge in [-0.3, -0.25) is 4.98 Å². The normalized spacial score (nSPS) is 14.5. The summed E-state index contributed by atoms with van der Waals surface area (Å²) in [6.07, 6.45) is 3.40. The molecule has 0 aliphatic carbocycles. The van der Waals surface area contributed by atoms with Crippen molar-refractivity contribution in [3.05, 3.63) is 59.9 Å². The summed E-state index contributed by atoms with van der Waals surface area (Å²) < 4.78 is 5.91. The fourth-order valence-electron chi connectivity index (χ4n) is 2.24. The second-order valence-corrected chi connectivity index (χ2v) is 6.41. The Morgan fingerprint density at radius 1 is 1.10 bits per heavy atom. The highest BCUT2D eigenvalue weighted by molar-refractivity contribution is 5.32. The summed E-state index contributed by atoms with van der Waals surface area (Å²) in [6, 6.07) is 11.5. The van der Waals surface area contributed by atoms with Crippen LogP contribution in [-0.4, -0.2) is 16.7 Å². The highest BCUT2D eigenvalue weighted by Crippen LogP contribution is 2.39. The quantitative estimate of drug-likeness (QED) is 0.931. The number of aryl methyl sites for hydroxylation is 1. The number of pyridine rings is 1. The highest BCUT2D eigenvalue weighted by atomic mass is 16.5. The summed E-state index contributed by atoms with van der Waals surface area (Å²) in [5, 5.41) is 11.2. The van der Waals surface area contributed by atoms with E-state index in [1.807, 2.05) is 64.1 Å². The molecule has 2 rings (SSSR count). The van der Waals surface area contributed by atoms with Gasteiger partial charge in [0.2, 0.25) is 0 Å². The lowest BCUT2D eigenvalue weighted by atomic mass is 9.73. The maximum Gasteiger partial charge on any atom is 0.130 e. The van der Waals surface area contributed by atoms with Crippen LogP contribution in [0.25, 0.3) is 0 Å². The van der Waals surface area contributed by atoms with Crippen LogP contribution in [-0.2, 0) is 5.60 Å². The number of hydrogen-bond acceptors (Lipinski definition) is 3. The molecule has 0 fully saturated rings. The van der Waals surface area contributed by atoms with Crippen molar-refractivity contribution >= 4 is 0 Å². The van der Waals surface area contributed by atoms with Crippen molar-refractivity contribution < 1.29 is 9.84 Å². The molecule has 1 heterocycles. The Labute approximate surface area is 126 Å². The Hall–Kier alpha value is -1.87. The third-order valence-electron chi connectivity index (χ3n) is 3.91. The zero-order chi connectivity index (χ0) is 15.5. The van der Waals surface area contributed by atoms with Crippen LogP contribution in [0.3, 0.4) is 0 Å². The molecule has 0 saturated carbocycles. The molecule has 3 heteroatoms. The van der Waals surface area contributed by atoms with Crippen LogP contribution >= 0.6 is 0 Å². The summed E-state index contributed by atoms with van der Waals surface area (Å²) in [6.45, 7) is 8.19. The molecule has 1 unspecified atom stereocenters. The standard InChI is InChI=1S/C18H23NO2/c1-14-8-5-6-10-16(14)21-13-18(20,17(2,3)4)15-9-7-11-19-12-15/h5-12,20H,13H2,1-4H3. The van der Waals surface area contributed by atoms with E-state index in [0.717, 1.165) is 16.9 Å². The van der Waals surface area contributed by atoms with Gasteiger partial charge in [-0.1, -0.05) is 45.0 Å². The Balaban J connectivity index is 2.29. The second kappa shape index (κ2) is 5.86. The lowest BCUT2D eigenvalue weighted by Crippen LogP contribution is -2.45. The van der Waals surface area contributed by atoms with Gasteiger partial charge in [0.25, 0.3) is 0 Å². The fraction of sp³-hybridized carbons (Fsp3) is 0.389. The van der Waals surface area contributed by atoms with Gasteiger partial charge in [0.05, 0.1) is 0 Å². The van der Waals surface area contributed by atoms with E-state index in [1.165, 1.54) is 0 Å². The van der Waals surface area contributed by atoms with Crippen LogP contribution < -0.4 is 4.74 Å². The van der Waals surface area contributed by atoms with Crippen molar-refractivity contribution in [3.63, 3.8) is 0 Å². The van der Waals surface area contributed by atoms with Gasteiger partial charge in [-0.15, -0.1) is 0 Å². The molecule has 112 valence electrons. The molecule has 0 bridgehead atoms. The Bertz CT molecular complexity index is 590. The van der Waals surface area contributed by atoms with E-state index in [4.69, 9.17) is 4.74 Å². The van der Waals surface area contributed by atoms with Crippen molar-refractivity contribution in [1.82, 2.24) is 4.98 Å². The van der Waals surface area contributed by atoms with Gasteiger partial charge in [-0.25, -0.2) is 0 Å². The maximum absolute atomic E-state index is 11.2. The maximum atomic E-state index is 11.2. The first-order valence-electron chi connectivity index (χ1n) is 7.16. The number of aliphatic hydroxyl groups is 1. The number of hydrogen-bond donors (Lipinski definition) is 1. The molecule has 1 N–H and O–H groups in total. The molecular formula is C18H23NO2. The number of nitrogens with zero attached hydrogens (tertiary/aromatic N) is 1. The van der Waals surface area contributed by atoms with Crippen molar-refractivity contribution in [2.75, 3.05) is 6.61 Å². The van der Waals surface area contributed by atoms with Gasteiger partial charge in [0.1, 0.15) is 18.0 Å². The van der Waals surface area contributed by atoms with E-state index < -0.39 is 5.60 Å². The van der Waals surface area contributed by atoms with Crippen molar-refractivity contribution in [2.24, 2.45) is 5.41 Å². The van der Waals surface area contributed by atoms with Gasteiger partial charge in [-0.2, -0.15) is 0 Å². The smallest absolute Gasteiger partial charge is 0.130 e. The zero-order valence-electron chi connectivity index (χ0n) is 13.1. The molecule has 1 aromatic carbocycles. The number of aromatic nitrogens is 1. The molecular weight excluding hydrogens is 262 g/mol. The summed E-state index contributed by atoms with van der Waals surface area (Å²) in [5.41, 5.74) is 0.341. The predicted molar refractivity (Wildman–Crippen MR) is 84.3 cm³/mol. The summed E-state index contributed by atoms with van der Waals surface area (Å²) in [4.78, 5) is 4.12. The Morgan fingerprint density at radius 2 is 1.81 bits per heavy atom. The fourth-order valence-corrected chi connectivity index (χ4v) is 2.24. The second-order valence-electron chi connectivity index (χ2n) is 6.41. The van der Waals surface area contributed by atoms with E-state index in [2.05, 4.69) is 4.98 Å². The lowest BCUT2D eigenvalue weighted by Gasteiger charge is -2.40. The first-order valence-corrected chi connectivity index (χ1v) is 7.16. The van der Waals surface area contributed by atoms with Gasteiger partial charge in [0, 0.05) is 18.0 Å². The van der Waals surface area contributed by atoms with Crippen molar-refractivity contribution in [2.45, 2.75) is 33.3 Å². The summed E-state index contributed by atoms with van der Waals surface area (Å²) in [5.74, 6) is 0.795. The minimum absolute atomic E-state index is 0.188. The van der Waals surface area contributed by atoms with E-state index in [0.29, 0.717) is 0 Å². The summed E-state index contributed by atoms with van der Waals surface area (Å²) >= 11 is 0. The van der Waals surface area contributed by atoms with Gasteiger partial charge in [-0.05, 0) is 30.0 Å².